The minimum absolute atomic E-state index is 0.223. The molecule has 0 aromatic heterocycles. The van der Waals surface area contributed by atoms with E-state index in [1.807, 2.05) is 6.07 Å². The first-order valence-corrected chi connectivity index (χ1v) is 9.19. The molecule has 1 aliphatic rings. The van der Waals surface area contributed by atoms with Crippen molar-refractivity contribution in [2.45, 2.75) is 13.8 Å². The van der Waals surface area contributed by atoms with E-state index in [9.17, 15) is 18.4 Å². The standard InChI is InChI=1S/C21H23F2N3O2/c1-14-4-3-5-19(15(14)2)25-8-10-26(11-9-25)20(27)13-24-21(28)17-7-6-16(22)12-18(17)23/h3-7,12H,8-11,13H2,1-2H3,(H,24,28). The summed E-state index contributed by atoms with van der Waals surface area (Å²) in [7, 11) is 0. The fourth-order valence-electron chi connectivity index (χ4n) is 3.31. The third-order valence-corrected chi connectivity index (χ3v) is 5.13. The Bertz CT molecular complexity index is 893. The molecule has 1 heterocycles. The minimum Gasteiger partial charge on any atom is -0.368 e. The van der Waals surface area contributed by atoms with Crippen LogP contribution in [-0.4, -0.2) is 49.4 Å². The number of amides is 2. The summed E-state index contributed by atoms with van der Waals surface area (Å²) in [6, 6.07) is 8.89. The zero-order chi connectivity index (χ0) is 20.3. The molecule has 0 spiro atoms. The molecule has 148 valence electrons. The maximum atomic E-state index is 13.6. The molecule has 0 saturated carbocycles. The molecule has 28 heavy (non-hydrogen) atoms. The fraction of sp³-hybridized carbons (Fsp3) is 0.333. The average Bonchev–Trinajstić information content (AvgIpc) is 2.68. The predicted molar refractivity (Wildman–Crippen MR) is 103 cm³/mol. The zero-order valence-electron chi connectivity index (χ0n) is 16.0. The number of hydrogen-bond acceptors (Lipinski definition) is 3. The summed E-state index contributed by atoms with van der Waals surface area (Å²) < 4.78 is 26.6. The molecule has 7 heteroatoms. The Morgan fingerprint density at radius 2 is 1.75 bits per heavy atom. The summed E-state index contributed by atoms with van der Waals surface area (Å²) in [4.78, 5) is 28.3. The highest BCUT2D eigenvalue weighted by molar-refractivity contribution is 5.96. The minimum atomic E-state index is -0.952. The summed E-state index contributed by atoms with van der Waals surface area (Å²) >= 11 is 0. The van der Waals surface area contributed by atoms with Gasteiger partial charge in [-0.25, -0.2) is 8.78 Å². The summed E-state index contributed by atoms with van der Waals surface area (Å²) in [5.74, 6) is -2.67. The van der Waals surface area contributed by atoms with Crippen LogP contribution in [-0.2, 0) is 4.79 Å². The van der Waals surface area contributed by atoms with Gasteiger partial charge >= 0.3 is 0 Å². The van der Waals surface area contributed by atoms with Crippen molar-refractivity contribution in [2.75, 3.05) is 37.6 Å². The van der Waals surface area contributed by atoms with Gasteiger partial charge in [0, 0.05) is 37.9 Å². The van der Waals surface area contributed by atoms with Crippen LogP contribution in [0.3, 0.4) is 0 Å². The summed E-state index contributed by atoms with van der Waals surface area (Å²) in [6.07, 6.45) is 0. The largest absolute Gasteiger partial charge is 0.368 e. The van der Waals surface area contributed by atoms with Crippen molar-refractivity contribution in [1.82, 2.24) is 10.2 Å². The molecule has 0 atom stereocenters. The quantitative estimate of drug-likeness (QED) is 0.878. The fourth-order valence-corrected chi connectivity index (χ4v) is 3.31. The second-order valence-corrected chi connectivity index (χ2v) is 6.89. The van der Waals surface area contributed by atoms with E-state index in [1.54, 1.807) is 4.90 Å². The number of nitrogens with one attached hydrogen (secondary N) is 1. The van der Waals surface area contributed by atoms with Gasteiger partial charge in [-0.15, -0.1) is 0 Å². The first-order chi connectivity index (χ1) is 13.4. The Morgan fingerprint density at radius 1 is 1.04 bits per heavy atom. The van der Waals surface area contributed by atoms with Crippen LogP contribution >= 0.6 is 0 Å². The molecule has 1 N–H and O–H groups in total. The maximum absolute atomic E-state index is 13.6. The third-order valence-electron chi connectivity index (χ3n) is 5.13. The van der Waals surface area contributed by atoms with Crippen LogP contribution in [0.15, 0.2) is 36.4 Å². The second-order valence-electron chi connectivity index (χ2n) is 6.89. The van der Waals surface area contributed by atoms with Gasteiger partial charge < -0.3 is 15.1 Å². The number of carbonyl (C=O) groups excluding carboxylic acids is 2. The van der Waals surface area contributed by atoms with E-state index in [4.69, 9.17) is 0 Å². The number of hydrogen-bond donors (Lipinski definition) is 1. The van der Waals surface area contributed by atoms with Crippen LogP contribution < -0.4 is 10.2 Å². The molecule has 0 aliphatic carbocycles. The van der Waals surface area contributed by atoms with Crippen molar-refractivity contribution in [1.29, 1.82) is 0 Å². The molecule has 1 saturated heterocycles. The first kappa shape index (κ1) is 19.8. The van der Waals surface area contributed by atoms with Crippen LogP contribution in [0.2, 0.25) is 0 Å². The van der Waals surface area contributed by atoms with Gasteiger partial charge in [0.15, 0.2) is 0 Å². The van der Waals surface area contributed by atoms with E-state index in [0.29, 0.717) is 32.2 Å². The van der Waals surface area contributed by atoms with Crippen molar-refractivity contribution in [3.8, 4) is 0 Å². The molecule has 0 bridgehead atoms. The number of benzene rings is 2. The van der Waals surface area contributed by atoms with Gasteiger partial charge in [-0.1, -0.05) is 12.1 Å². The number of carbonyl (C=O) groups is 2. The summed E-state index contributed by atoms with van der Waals surface area (Å²) in [5, 5.41) is 2.41. The first-order valence-electron chi connectivity index (χ1n) is 9.19. The van der Waals surface area contributed by atoms with Crippen LogP contribution in [0, 0.1) is 25.5 Å². The molecule has 1 aliphatic heterocycles. The monoisotopic (exact) mass is 387 g/mol. The van der Waals surface area contributed by atoms with Crippen molar-refractivity contribution in [3.05, 3.63) is 64.7 Å². The highest BCUT2D eigenvalue weighted by Gasteiger charge is 2.23. The molecular weight excluding hydrogens is 364 g/mol. The van der Waals surface area contributed by atoms with Gasteiger partial charge in [0.1, 0.15) is 11.6 Å². The van der Waals surface area contributed by atoms with E-state index >= 15 is 0 Å². The van der Waals surface area contributed by atoms with Crippen molar-refractivity contribution >= 4 is 17.5 Å². The van der Waals surface area contributed by atoms with Gasteiger partial charge in [-0.3, -0.25) is 9.59 Å². The summed E-state index contributed by atoms with van der Waals surface area (Å²) in [5.41, 5.74) is 3.35. The van der Waals surface area contributed by atoms with E-state index in [2.05, 4.69) is 36.2 Å². The Hall–Kier alpha value is -2.96. The van der Waals surface area contributed by atoms with E-state index in [0.717, 1.165) is 12.1 Å². The molecule has 0 radical (unpaired) electrons. The smallest absolute Gasteiger partial charge is 0.254 e. The number of piperazine rings is 1. The second kappa shape index (κ2) is 8.37. The molecule has 2 aromatic rings. The van der Waals surface area contributed by atoms with Crippen LogP contribution in [0.1, 0.15) is 21.5 Å². The van der Waals surface area contributed by atoms with Gasteiger partial charge in [-0.2, -0.15) is 0 Å². The number of nitrogens with zero attached hydrogens (tertiary/aromatic N) is 2. The lowest BCUT2D eigenvalue weighted by molar-refractivity contribution is -0.130. The molecule has 0 unspecified atom stereocenters. The molecule has 2 aromatic carbocycles. The number of halogens is 2. The third kappa shape index (κ3) is 4.30. The number of anilines is 1. The molecule has 5 nitrogen and oxygen atoms in total. The van der Waals surface area contributed by atoms with E-state index in [-0.39, 0.29) is 18.0 Å². The Balaban J connectivity index is 1.52. The predicted octanol–water partition coefficient (Wildman–Crippen LogP) is 2.66. The molecule has 1 fully saturated rings. The molecule has 2 amide bonds. The molecule has 3 rings (SSSR count). The van der Waals surface area contributed by atoms with Gasteiger partial charge in [0.25, 0.3) is 5.91 Å². The lowest BCUT2D eigenvalue weighted by Gasteiger charge is -2.37. The highest BCUT2D eigenvalue weighted by atomic mass is 19.1. The van der Waals surface area contributed by atoms with E-state index in [1.165, 1.54) is 16.8 Å². The topological polar surface area (TPSA) is 52.6 Å². The lowest BCUT2D eigenvalue weighted by atomic mass is 10.1. The maximum Gasteiger partial charge on any atom is 0.254 e. The highest BCUT2D eigenvalue weighted by Crippen LogP contribution is 2.23. The normalized spacial score (nSPS) is 14.1. The van der Waals surface area contributed by atoms with Gasteiger partial charge in [0.2, 0.25) is 5.91 Å². The SMILES string of the molecule is Cc1cccc(N2CCN(C(=O)CNC(=O)c3ccc(F)cc3F)CC2)c1C. The Kier molecular flexibility index (Phi) is 5.92. The zero-order valence-corrected chi connectivity index (χ0v) is 16.0. The summed E-state index contributed by atoms with van der Waals surface area (Å²) in [6.45, 7) is 6.45. The Labute approximate surface area is 162 Å². The van der Waals surface area contributed by atoms with Crippen LogP contribution in [0.25, 0.3) is 0 Å². The van der Waals surface area contributed by atoms with Crippen LogP contribution in [0.4, 0.5) is 14.5 Å². The Morgan fingerprint density at radius 3 is 2.43 bits per heavy atom. The van der Waals surface area contributed by atoms with Crippen molar-refractivity contribution in [2.24, 2.45) is 0 Å². The van der Waals surface area contributed by atoms with Crippen LogP contribution in [0.5, 0.6) is 0 Å². The van der Waals surface area contributed by atoms with Crippen molar-refractivity contribution in [3.63, 3.8) is 0 Å². The van der Waals surface area contributed by atoms with E-state index < -0.39 is 17.5 Å². The number of aryl methyl sites for hydroxylation is 1. The lowest BCUT2D eigenvalue weighted by Crippen LogP contribution is -2.51. The number of rotatable bonds is 4. The van der Waals surface area contributed by atoms with Crippen molar-refractivity contribution < 1.29 is 18.4 Å². The van der Waals surface area contributed by atoms with Gasteiger partial charge in [0.05, 0.1) is 12.1 Å². The van der Waals surface area contributed by atoms with Gasteiger partial charge in [-0.05, 0) is 43.2 Å². The average molecular weight is 387 g/mol. The molecular formula is C21H23F2N3O2.